The van der Waals surface area contributed by atoms with Crippen molar-refractivity contribution in [2.75, 3.05) is 13.1 Å². The zero-order chi connectivity index (χ0) is 15.6. The van der Waals surface area contributed by atoms with Gasteiger partial charge in [-0.15, -0.1) is 0 Å². The third-order valence-corrected chi connectivity index (χ3v) is 3.74. The van der Waals surface area contributed by atoms with Crippen LogP contribution in [0.25, 0.3) is 0 Å². The molecule has 1 aromatic carbocycles. The van der Waals surface area contributed by atoms with Crippen LogP contribution in [-0.2, 0) is 12.7 Å². The molecule has 0 amide bonds. The third kappa shape index (κ3) is 3.93. The van der Waals surface area contributed by atoms with Gasteiger partial charge in [-0.2, -0.15) is 13.2 Å². The Balaban J connectivity index is 2.27. The Morgan fingerprint density at radius 2 is 2.14 bits per heavy atom. The number of likely N-dealkylation sites (tertiary alicyclic amines) is 1. The van der Waals surface area contributed by atoms with Gasteiger partial charge in [-0.25, -0.2) is 0 Å². The van der Waals surface area contributed by atoms with Crippen LogP contribution in [0.2, 0.25) is 0 Å². The van der Waals surface area contributed by atoms with Crippen molar-refractivity contribution in [1.29, 1.82) is 0 Å². The van der Waals surface area contributed by atoms with E-state index in [1.54, 1.807) is 0 Å². The molecule has 1 aliphatic heterocycles. The molecule has 0 aromatic heterocycles. The van der Waals surface area contributed by atoms with E-state index in [0.717, 1.165) is 32.0 Å². The highest BCUT2D eigenvalue weighted by Gasteiger charge is 2.35. The van der Waals surface area contributed by atoms with Gasteiger partial charge in [-0.1, -0.05) is 13.0 Å². The van der Waals surface area contributed by atoms with Gasteiger partial charge < -0.3 is 0 Å². The van der Waals surface area contributed by atoms with Crippen molar-refractivity contribution >= 4 is 5.69 Å². The number of nitro groups is 1. The zero-order valence-corrected chi connectivity index (χ0v) is 11.7. The summed E-state index contributed by atoms with van der Waals surface area (Å²) in [6, 6.07) is 2.99. The second-order valence-electron chi connectivity index (χ2n) is 5.58. The van der Waals surface area contributed by atoms with Gasteiger partial charge >= 0.3 is 6.18 Å². The number of piperidine rings is 1. The Morgan fingerprint density at radius 1 is 1.43 bits per heavy atom. The second-order valence-corrected chi connectivity index (χ2v) is 5.58. The summed E-state index contributed by atoms with van der Waals surface area (Å²) >= 11 is 0. The number of rotatable bonds is 3. The van der Waals surface area contributed by atoms with E-state index in [2.05, 4.69) is 6.92 Å². The predicted molar refractivity (Wildman–Crippen MR) is 71.8 cm³/mol. The maximum Gasteiger partial charge on any atom is 0.416 e. The molecule has 1 fully saturated rings. The van der Waals surface area contributed by atoms with Crippen LogP contribution in [0.1, 0.15) is 30.9 Å². The van der Waals surface area contributed by atoms with Crippen molar-refractivity contribution in [2.45, 2.75) is 32.5 Å². The topological polar surface area (TPSA) is 46.4 Å². The molecule has 0 radical (unpaired) electrons. The van der Waals surface area contributed by atoms with E-state index >= 15 is 0 Å². The molecule has 0 spiro atoms. The number of nitrogens with zero attached hydrogens (tertiary/aromatic N) is 2. The first-order valence-electron chi connectivity index (χ1n) is 6.84. The lowest BCUT2D eigenvalue weighted by atomic mass is 9.98. The van der Waals surface area contributed by atoms with Gasteiger partial charge in [-0.3, -0.25) is 15.0 Å². The van der Waals surface area contributed by atoms with E-state index in [0.29, 0.717) is 12.0 Å². The third-order valence-electron chi connectivity index (χ3n) is 3.74. The smallest absolute Gasteiger partial charge is 0.299 e. The van der Waals surface area contributed by atoms with Crippen molar-refractivity contribution in [2.24, 2.45) is 5.92 Å². The van der Waals surface area contributed by atoms with Crippen LogP contribution in [0.4, 0.5) is 18.9 Å². The van der Waals surface area contributed by atoms with Crippen molar-refractivity contribution < 1.29 is 18.1 Å². The maximum atomic E-state index is 13.1. The number of hydrogen-bond acceptors (Lipinski definition) is 3. The van der Waals surface area contributed by atoms with Crippen molar-refractivity contribution in [3.8, 4) is 0 Å². The van der Waals surface area contributed by atoms with Crippen LogP contribution < -0.4 is 0 Å². The molecule has 7 heteroatoms. The molecule has 4 nitrogen and oxygen atoms in total. The Hall–Kier alpha value is -1.63. The second kappa shape index (κ2) is 6.01. The summed E-state index contributed by atoms with van der Waals surface area (Å²) in [7, 11) is 0. The molecule has 0 saturated carbocycles. The average molecular weight is 302 g/mol. The van der Waals surface area contributed by atoms with E-state index in [1.165, 1.54) is 6.07 Å². The van der Waals surface area contributed by atoms with E-state index < -0.39 is 22.4 Å². The van der Waals surface area contributed by atoms with E-state index in [-0.39, 0.29) is 12.1 Å². The summed E-state index contributed by atoms with van der Waals surface area (Å²) in [5.74, 6) is 0.464. The molecule has 2 rings (SSSR count). The quantitative estimate of drug-likeness (QED) is 0.629. The fourth-order valence-corrected chi connectivity index (χ4v) is 2.75. The van der Waals surface area contributed by atoms with Crippen LogP contribution >= 0.6 is 0 Å². The van der Waals surface area contributed by atoms with Gasteiger partial charge in [0.2, 0.25) is 0 Å². The predicted octanol–water partition coefficient (Wildman–Crippen LogP) is 3.85. The molecule has 1 aliphatic rings. The summed E-state index contributed by atoms with van der Waals surface area (Å²) < 4.78 is 39.2. The minimum absolute atomic E-state index is 0.0993. The number of halogens is 3. The fraction of sp³-hybridized carbons (Fsp3) is 0.571. The fourth-order valence-electron chi connectivity index (χ4n) is 2.75. The highest BCUT2D eigenvalue weighted by molar-refractivity contribution is 5.41. The first kappa shape index (κ1) is 15.8. The Bertz CT molecular complexity index is 531. The van der Waals surface area contributed by atoms with E-state index in [9.17, 15) is 23.3 Å². The average Bonchev–Trinajstić information content (AvgIpc) is 2.37. The number of benzene rings is 1. The van der Waals surface area contributed by atoms with Crippen LogP contribution in [-0.4, -0.2) is 22.9 Å². The maximum absolute atomic E-state index is 13.1. The van der Waals surface area contributed by atoms with Gasteiger partial charge in [0.15, 0.2) is 0 Å². The summed E-state index contributed by atoms with van der Waals surface area (Å²) in [6.07, 6.45) is -2.53. The molecular formula is C14H17F3N2O2. The molecule has 116 valence electrons. The van der Waals surface area contributed by atoms with Gasteiger partial charge in [0.25, 0.3) is 5.69 Å². The van der Waals surface area contributed by atoms with Gasteiger partial charge in [0.1, 0.15) is 0 Å². The number of alkyl halides is 3. The first-order chi connectivity index (χ1) is 9.77. The van der Waals surface area contributed by atoms with Gasteiger partial charge in [0.05, 0.1) is 10.5 Å². The highest BCUT2D eigenvalue weighted by atomic mass is 19.4. The minimum atomic E-state index is -4.58. The summed E-state index contributed by atoms with van der Waals surface area (Å²) in [6.45, 7) is 3.77. The molecule has 1 heterocycles. The normalized spacial score (nSPS) is 20.5. The Labute approximate surface area is 120 Å². The molecule has 1 atom stereocenters. The Morgan fingerprint density at radius 3 is 2.71 bits per heavy atom. The molecule has 21 heavy (non-hydrogen) atoms. The van der Waals surface area contributed by atoms with Gasteiger partial charge in [0, 0.05) is 25.2 Å². The molecule has 0 aliphatic carbocycles. The van der Waals surface area contributed by atoms with Gasteiger partial charge in [-0.05, 0) is 30.9 Å². The van der Waals surface area contributed by atoms with E-state index in [4.69, 9.17) is 0 Å². The molecule has 1 unspecified atom stereocenters. The summed E-state index contributed by atoms with van der Waals surface area (Å²) in [5.41, 5.74) is -1.34. The zero-order valence-electron chi connectivity index (χ0n) is 11.7. The summed E-state index contributed by atoms with van der Waals surface area (Å²) in [4.78, 5) is 11.8. The molecule has 0 bridgehead atoms. The highest BCUT2D eigenvalue weighted by Crippen LogP contribution is 2.35. The van der Waals surface area contributed by atoms with Crippen molar-refractivity contribution in [1.82, 2.24) is 4.90 Å². The SMILES string of the molecule is CC1CCCN(Cc2ccc([N+](=O)[O-])cc2C(F)(F)F)C1. The molecule has 1 aromatic rings. The minimum Gasteiger partial charge on any atom is -0.299 e. The summed E-state index contributed by atoms with van der Waals surface area (Å²) in [5, 5.41) is 10.7. The molecule has 1 saturated heterocycles. The first-order valence-corrected chi connectivity index (χ1v) is 6.84. The number of nitro benzene ring substituents is 1. The Kier molecular flexibility index (Phi) is 4.51. The van der Waals surface area contributed by atoms with Crippen LogP contribution in [0.5, 0.6) is 0 Å². The monoisotopic (exact) mass is 302 g/mol. The largest absolute Gasteiger partial charge is 0.416 e. The lowest BCUT2D eigenvalue weighted by Gasteiger charge is -2.31. The number of hydrogen-bond donors (Lipinski definition) is 0. The molecular weight excluding hydrogens is 285 g/mol. The van der Waals surface area contributed by atoms with Crippen LogP contribution in [0, 0.1) is 16.0 Å². The standard InChI is InChI=1S/C14H17F3N2O2/c1-10-3-2-6-18(8-10)9-11-4-5-12(19(20)21)7-13(11)14(15,16)17/h4-5,7,10H,2-3,6,8-9H2,1H3. The van der Waals surface area contributed by atoms with Crippen molar-refractivity contribution in [3.63, 3.8) is 0 Å². The lowest BCUT2D eigenvalue weighted by molar-refractivity contribution is -0.385. The van der Waals surface area contributed by atoms with Crippen LogP contribution in [0.3, 0.4) is 0 Å². The van der Waals surface area contributed by atoms with E-state index in [1.807, 2.05) is 4.90 Å². The molecule has 0 N–H and O–H groups in total. The van der Waals surface area contributed by atoms with Crippen molar-refractivity contribution in [3.05, 3.63) is 39.4 Å². The number of non-ortho nitro benzene ring substituents is 1. The van der Waals surface area contributed by atoms with Crippen LogP contribution in [0.15, 0.2) is 18.2 Å². The lowest BCUT2D eigenvalue weighted by Crippen LogP contribution is -2.34.